The molecule has 8 nitrogen and oxygen atoms in total. The molecule has 0 spiro atoms. The number of nitrogen functional groups attached to an aromatic ring is 1. The predicted octanol–water partition coefficient (Wildman–Crippen LogP) is 2.81. The molecule has 0 radical (unpaired) electrons. The number of piperazine rings is 1. The van der Waals surface area contributed by atoms with Gasteiger partial charge in [-0.05, 0) is 19.2 Å². The monoisotopic (exact) mass is 417 g/mol. The number of thioether (sulfide) groups is 1. The van der Waals surface area contributed by atoms with Gasteiger partial charge in [-0.25, -0.2) is 4.98 Å². The van der Waals surface area contributed by atoms with Gasteiger partial charge in [0.25, 0.3) is 0 Å². The first kappa shape index (κ1) is 19.0. The Hall–Kier alpha value is -2.36. The summed E-state index contributed by atoms with van der Waals surface area (Å²) in [6.45, 7) is 3.67. The van der Waals surface area contributed by atoms with Crippen molar-refractivity contribution in [1.29, 1.82) is 0 Å². The highest BCUT2D eigenvalue weighted by molar-refractivity contribution is 7.98. The van der Waals surface area contributed by atoms with E-state index in [-0.39, 0.29) is 5.95 Å². The van der Waals surface area contributed by atoms with Gasteiger partial charge < -0.3 is 20.0 Å². The Balaban J connectivity index is 1.44. The van der Waals surface area contributed by atoms with Crippen LogP contribution in [-0.4, -0.2) is 58.1 Å². The largest absolute Gasteiger partial charge is 0.440 e. The van der Waals surface area contributed by atoms with Gasteiger partial charge in [0, 0.05) is 36.8 Å². The maximum atomic E-state index is 6.04. The average molecular weight is 418 g/mol. The number of rotatable bonds is 5. The molecule has 1 saturated heterocycles. The van der Waals surface area contributed by atoms with E-state index >= 15 is 0 Å². The molecule has 0 unspecified atom stereocenters. The first-order valence-corrected chi connectivity index (χ1v) is 10.2. The van der Waals surface area contributed by atoms with E-state index in [0.717, 1.165) is 31.7 Å². The quantitative estimate of drug-likeness (QED) is 0.628. The zero-order chi connectivity index (χ0) is 19.5. The van der Waals surface area contributed by atoms with Crippen LogP contribution >= 0.6 is 23.4 Å². The number of halogens is 1. The van der Waals surface area contributed by atoms with Crippen molar-refractivity contribution in [2.24, 2.45) is 0 Å². The third kappa shape index (κ3) is 4.54. The molecular formula is C18H20ClN7OS. The number of nitrogens with two attached hydrogens (primary N) is 1. The maximum Gasteiger partial charge on any atom is 0.231 e. The summed E-state index contributed by atoms with van der Waals surface area (Å²) in [6.07, 6.45) is 1.69. The summed E-state index contributed by atoms with van der Waals surface area (Å²) in [6, 6.07) is 7.47. The van der Waals surface area contributed by atoms with Gasteiger partial charge in [-0.3, -0.25) is 0 Å². The molecule has 0 saturated carbocycles. The molecule has 0 bridgehead atoms. The van der Waals surface area contributed by atoms with E-state index in [9.17, 15) is 0 Å². The van der Waals surface area contributed by atoms with Crippen LogP contribution in [0.1, 0.15) is 5.89 Å². The molecule has 3 aromatic rings. The second kappa shape index (κ2) is 8.34. The molecule has 0 amide bonds. The fourth-order valence-electron chi connectivity index (χ4n) is 2.85. The molecule has 4 rings (SSSR count). The highest BCUT2D eigenvalue weighted by Crippen LogP contribution is 2.27. The van der Waals surface area contributed by atoms with Gasteiger partial charge in [-0.1, -0.05) is 35.5 Å². The topological polar surface area (TPSA) is 97.2 Å². The van der Waals surface area contributed by atoms with Crippen molar-refractivity contribution >= 4 is 35.3 Å². The first-order valence-electron chi connectivity index (χ1n) is 8.85. The standard InChI is InChI=1S/C18H20ClN7OS/c1-25-5-7-26(8-6-25)17-22-16(20)23-18(24-17)28-11-15-21-10-14(27-15)12-3-2-4-13(19)9-12/h2-4,9-10H,5-8,11H2,1H3,(H2,20,22,23,24). The van der Waals surface area contributed by atoms with E-state index in [2.05, 4.69) is 36.8 Å². The fraction of sp³-hybridized carbons (Fsp3) is 0.333. The van der Waals surface area contributed by atoms with Gasteiger partial charge in [0.1, 0.15) is 0 Å². The summed E-state index contributed by atoms with van der Waals surface area (Å²) in [5, 5.41) is 1.21. The van der Waals surface area contributed by atoms with Crippen molar-refractivity contribution in [1.82, 2.24) is 24.8 Å². The third-order valence-electron chi connectivity index (χ3n) is 4.39. The summed E-state index contributed by atoms with van der Waals surface area (Å²) in [7, 11) is 2.11. The summed E-state index contributed by atoms with van der Waals surface area (Å²) in [5.41, 5.74) is 6.78. The van der Waals surface area contributed by atoms with E-state index < -0.39 is 0 Å². The van der Waals surface area contributed by atoms with Crippen LogP contribution < -0.4 is 10.6 Å². The Morgan fingerprint density at radius 3 is 2.79 bits per heavy atom. The average Bonchev–Trinajstić information content (AvgIpc) is 3.16. The van der Waals surface area contributed by atoms with E-state index in [0.29, 0.717) is 33.5 Å². The zero-order valence-electron chi connectivity index (χ0n) is 15.4. The molecule has 1 fully saturated rings. The Kier molecular flexibility index (Phi) is 5.65. The lowest BCUT2D eigenvalue weighted by atomic mass is 10.2. The number of aromatic nitrogens is 4. The molecule has 10 heteroatoms. The predicted molar refractivity (Wildman–Crippen MR) is 110 cm³/mol. The Labute approximate surface area is 172 Å². The normalized spacial score (nSPS) is 15.1. The van der Waals surface area contributed by atoms with Crippen LogP contribution in [0.15, 0.2) is 40.0 Å². The van der Waals surface area contributed by atoms with Crippen molar-refractivity contribution in [3.8, 4) is 11.3 Å². The van der Waals surface area contributed by atoms with Crippen molar-refractivity contribution < 1.29 is 4.42 Å². The number of hydrogen-bond acceptors (Lipinski definition) is 9. The second-order valence-corrected chi connectivity index (χ2v) is 7.86. The van der Waals surface area contributed by atoms with Crippen LogP contribution in [0.4, 0.5) is 11.9 Å². The van der Waals surface area contributed by atoms with Crippen molar-refractivity contribution in [3.63, 3.8) is 0 Å². The number of likely N-dealkylation sites (N-methyl/N-ethyl adjacent to an activating group) is 1. The summed E-state index contributed by atoms with van der Waals surface area (Å²) >= 11 is 7.45. The summed E-state index contributed by atoms with van der Waals surface area (Å²) in [5.74, 6) is 2.59. The van der Waals surface area contributed by atoms with Gasteiger partial charge in [-0.2, -0.15) is 15.0 Å². The van der Waals surface area contributed by atoms with Gasteiger partial charge >= 0.3 is 0 Å². The van der Waals surface area contributed by atoms with Gasteiger partial charge in [-0.15, -0.1) is 0 Å². The van der Waals surface area contributed by atoms with Crippen molar-refractivity contribution in [2.45, 2.75) is 10.9 Å². The number of anilines is 2. The maximum absolute atomic E-state index is 6.04. The molecule has 1 aromatic carbocycles. The molecule has 28 heavy (non-hydrogen) atoms. The smallest absolute Gasteiger partial charge is 0.231 e. The van der Waals surface area contributed by atoms with E-state index in [1.165, 1.54) is 11.8 Å². The molecule has 0 atom stereocenters. The van der Waals surface area contributed by atoms with Crippen molar-refractivity contribution in [3.05, 3.63) is 41.4 Å². The fourth-order valence-corrected chi connectivity index (χ4v) is 3.73. The molecule has 3 heterocycles. The van der Waals surface area contributed by atoms with Gasteiger partial charge in [0.2, 0.25) is 17.8 Å². The van der Waals surface area contributed by atoms with Crippen LogP contribution in [-0.2, 0) is 5.75 Å². The minimum atomic E-state index is 0.221. The second-order valence-electron chi connectivity index (χ2n) is 6.48. The highest BCUT2D eigenvalue weighted by Gasteiger charge is 2.18. The molecule has 146 valence electrons. The van der Waals surface area contributed by atoms with E-state index in [1.54, 1.807) is 6.20 Å². The van der Waals surface area contributed by atoms with Gasteiger partial charge in [0.05, 0.1) is 11.9 Å². The zero-order valence-corrected chi connectivity index (χ0v) is 16.9. The Morgan fingerprint density at radius 1 is 1.18 bits per heavy atom. The van der Waals surface area contributed by atoms with Crippen LogP contribution in [0.5, 0.6) is 0 Å². The molecule has 1 aliphatic heterocycles. The van der Waals surface area contributed by atoms with Crippen molar-refractivity contribution in [2.75, 3.05) is 43.9 Å². The third-order valence-corrected chi connectivity index (χ3v) is 5.46. The number of oxazole rings is 1. The van der Waals surface area contributed by atoms with Crippen LogP contribution in [0.3, 0.4) is 0 Å². The lowest BCUT2D eigenvalue weighted by Crippen LogP contribution is -2.45. The van der Waals surface area contributed by atoms with Crippen LogP contribution in [0.2, 0.25) is 5.02 Å². The molecular weight excluding hydrogens is 398 g/mol. The summed E-state index contributed by atoms with van der Waals surface area (Å²) < 4.78 is 5.83. The van der Waals surface area contributed by atoms with E-state index in [4.69, 9.17) is 21.8 Å². The van der Waals surface area contributed by atoms with E-state index in [1.807, 2.05) is 24.3 Å². The molecule has 2 N–H and O–H groups in total. The van der Waals surface area contributed by atoms with Crippen LogP contribution in [0.25, 0.3) is 11.3 Å². The number of hydrogen-bond donors (Lipinski definition) is 1. The lowest BCUT2D eigenvalue weighted by molar-refractivity contribution is 0.311. The summed E-state index contributed by atoms with van der Waals surface area (Å²) in [4.78, 5) is 21.8. The molecule has 1 aliphatic rings. The highest BCUT2D eigenvalue weighted by atomic mass is 35.5. The number of nitrogens with zero attached hydrogens (tertiary/aromatic N) is 6. The Morgan fingerprint density at radius 2 is 2.00 bits per heavy atom. The lowest BCUT2D eigenvalue weighted by Gasteiger charge is -2.32. The van der Waals surface area contributed by atoms with Gasteiger partial charge in [0.15, 0.2) is 10.9 Å². The molecule has 0 aliphatic carbocycles. The minimum Gasteiger partial charge on any atom is -0.440 e. The molecule has 2 aromatic heterocycles. The van der Waals surface area contributed by atoms with Crippen LogP contribution in [0, 0.1) is 0 Å². The first-order chi connectivity index (χ1) is 13.6. The Bertz CT molecular complexity index is 959. The minimum absolute atomic E-state index is 0.221. The number of benzene rings is 1. The SMILES string of the molecule is CN1CCN(c2nc(N)nc(SCc3ncc(-c4cccc(Cl)c4)o3)n2)CC1.